The average Bonchev–Trinajstić information content (AvgIpc) is 2.69. The van der Waals surface area contributed by atoms with Gasteiger partial charge >= 0.3 is 10.2 Å². The second-order valence-corrected chi connectivity index (χ2v) is 8.94. The van der Waals surface area contributed by atoms with Crippen molar-refractivity contribution in [2.75, 3.05) is 4.72 Å². The Morgan fingerprint density at radius 1 is 1.19 bits per heavy atom. The largest absolute Gasteiger partial charge is 0.334 e. The number of hydrogen-bond donors (Lipinski definition) is 1. The molecule has 0 amide bonds. The molecular weight excluding hydrogens is 361 g/mol. The molecule has 2 aromatic rings. The molecule has 2 rings (SSSR count). The van der Waals surface area contributed by atoms with Gasteiger partial charge in [0.25, 0.3) is 10.0 Å². The van der Waals surface area contributed by atoms with Gasteiger partial charge in [-0.15, -0.1) is 15.2 Å². The van der Waals surface area contributed by atoms with Crippen molar-refractivity contribution in [2.45, 2.75) is 16.0 Å². The van der Waals surface area contributed by atoms with Crippen molar-refractivity contribution in [2.24, 2.45) is 0 Å². The summed E-state index contributed by atoms with van der Waals surface area (Å²) in [5.74, 6) is 0. The van der Waals surface area contributed by atoms with E-state index in [4.69, 9.17) is 11.6 Å². The molecule has 0 radical (unpaired) electrons. The molecule has 0 unspecified atom stereocenters. The first-order valence-corrected chi connectivity index (χ1v) is 9.50. The normalized spacial score (nSPS) is 12.3. The lowest BCUT2D eigenvalue weighted by Crippen LogP contribution is -2.13. The minimum atomic E-state index is -5.04. The maximum atomic E-state index is 13.1. The first-order valence-electron chi connectivity index (χ1n) is 5.44. The van der Waals surface area contributed by atoms with Crippen LogP contribution < -0.4 is 4.72 Å². The van der Waals surface area contributed by atoms with E-state index >= 15 is 0 Å². The van der Waals surface area contributed by atoms with Crippen LogP contribution in [0.4, 0.5) is 9.57 Å². The van der Waals surface area contributed by atoms with E-state index in [1.807, 2.05) is 0 Å². The summed E-state index contributed by atoms with van der Waals surface area (Å²) >= 11 is 6.64. The average molecular weight is 370 g/mol. The fourth-order valence-electron chi connectivity index (χ4n) is 1.52. The number of aryl methyl sites for hydroxylation is 1. The summed E-state index contributed by atoms with van der Waals surface area (Å²) in [7, 11) is -9.09. The van der Waals surface area contributed by atoms with Crippen LogP contribution in [0.3, 0.4) is 0 Å². The zero-order valence-electron chi connectivity index (χ0n) is 10.5. The van der Waals surface area contributed by atoms with Gasteiger partial charge in [0.2, 0.25) is 0 Å². The highest BCUT2D eigenvalue weighted by atomic mass is 35.5. The molecule has 1 aromatic carbocycles. The molecule has 1 N–H and O–H groups in total. The summed E-state index contributed by atoms with van der Waals surface area (Å²) in [6.45, 7) is 1.64. The van der Waals surface area contributed by atoms with Crippen molar-refractivity contribution in [3.63, 3.8) is 0 Å². The molecule has 1 aromatic heterocycles. The van der Waals surface area contributed by atoms with Gasteiger partial charge in [0.1, 0.15) is 9.10 Å². The van der Waals surface area contributed by atoms with Gasteiger partial charge in [-0.1, -0.05) is 23.7 Å². The van der Waals surface area contributed by atoms with Crippen LogP contribution in [0, 0.1) is 6.92 Å². The second kappa shape index (κ2) is 5.56. The summed E-state index contributed by atoms with van der Waals surface area (Å²) in [4.78, 5) is -0.743. The number of benzene rings is 1. The second-order valence-electron chi connectivity index (χ2n) is 4.06. The Balaban J connectivity index is 2.47. The molecule has 0 bridgehead atoms. The van der Waals surface area contributed by atoms with Crippen molar-refractivity contribution < 1.29 is 20.7 Å². The third kappa shape index (κ3) is 3.54. The molecule has 21 heavy (non-hydrogen) atoms. The van der Waals surface area contributed by atoms with Crippen molar-refractivity contribution in [3.8, 4) is 0 Å². The highest BCUT2D eigenvalue weighted by molar-refractivity contribution is 7.94. The molecule has 0 saturated carbocycles. The SMILES string of the molecule is Cc1cc(S(=O)(=O)Nc2ccccc2S(=O)(=O)F)sc1Cl. The van der Waals surface area contributed by atoms with Crippen LogP contribution >= 0.6 is 22.9 Å². The minimum Gasteiger partial charge on any atom is -0.278 e. The molecular formula is C11H9ClFNO4S3. The quantitative estimate of drug-likeness (QED) is 0.839. The monoisotopic (exact) mass is 369 g/mol. The number of anilines is 1. The first-order chi connectivity index (χ1) is 9.61. The number of rotatable bonds is 4. The van der Waals surface area contributed by atoms with Crippen LogP contribution in [0.15, 0.2) is 39.4 Å². The van der Waals surface area contributed by atoms with Gasteiger partial charge in [0.15, 0.2) is 0 Å². The lowest BCUT2D eigenvalue weighted by molar-refractivity contribution is 0.552. The Kier molecular flexibility index (Phi) is 4.29. The molecule has 10 heteroatoms. The van der Waals surface area contributed by atoms with Crippen LogP contribution in [0.2, 0.25) is 4.34 Å². The van der Waals surface area contributed by atoms with E-state index in [2.05, 4.69) is 4.72 Å². The smallest absolute Gasteiger partial charge is 0.278 e. The van der Waals surface area contributed by atoms with E-state index in [1.54, 1.807) is 6.92 Å². The molecule has 0 saturated heterocycles. The number of sulfonamides is 1. The van der Waals surface area contributed by atoms with Crippen LogP contribution in [0.1, 0.15) is 5.56 Å². The molecule has 0 fully saturated rings. The van der Waals surface area contributed by atoms with E-state index < -0.39 is 25.1 Å². The fraction of sp³-hybridized carbons (Fsp3) is 0.0909. The van der Waals surface area contributed by atoms with E-state index in [-0.39, 0.29) is 9.90 Å². The molecule has 0 aliphatic rings. The summed E-state index contributed by atoms with van der Waals surface area (Å²) in [5.41, 5.74) is 0.218. The molecule has 0 aliphatic carbocycles. The summed E-state index contributed by atoms with van der Waals surface area (Å²) in [6, 6.07) is 6.16. The topological polar surface area (TPSA) is 80.3 Å². The van der Waals surface area contributed by atoms with Gasteiger partial charge in [-0.2, -0.15) is 8.42 Å². The van der Waals surface area contributed by atoms with E-state index in [0.717, 1.165) is 23.5 Å². The molecule has 0 atom stereocenters. The van der Waals surface area contributed by atoms with E-state index in [0.29, 0.717) is 9.90 Å². The number of hydrogen-bond acceptors (Lipinski definition) is 5. The summed E-state index contributed by atoms with van der Waals surface area (Å²) in [6.07, 6.45) is 0. The lowest BCUT2D eigenvalue weighted by Gasteiger charge is -2.08. The van der Waals surface area contributed by atoms with E-state index in [9.17, 15) is 20.7 Å². The lowest BCUT2D eigenvalue weighted by atomic mass is 10.3. The Bertz CT molecular complexity index is 870. The van der Waals surface area contributed by atoms with Gasteiger partial charge in [0.05, 0.1) is 10.0 Å². The summed E-state index contributed by atoms with van der Waals surface area (Å²) in [5, 5.41) is 0. The number of nitrogens with one attached hydrogen (secondary N) is 1. The standard InChI is InChI=1S/C11H9ClFNO4S3/c1-7-6-10(19-11(7)12)21(17,18)14-8-4-2-3-5-9(8)20(13,15)16/h2-6,14H,1H3. The number of para-hydroxylation sites is 1. The molecule has 114 valence electrons. The van der Waals surface area contributed by atoms with Crippen LogP contribution in [-0.2, 0) is 20.2 Å². The fourth-order valence-corrected chi connectivity index (χ4v) is 5.00. The van der Waals surface area contributed by atoms with Crippen molar-refractivity contribution in [3.05, 3.63) is 40.2 Å². The summed E-state index contributed by atoms with van der Waals surface area (Å²) < 4.78 is 61.8. The Morgan fingerprint density at radius 2 is 1.81 bits per heavy atom. The number of thiophene rings is 1. The maximum absolute atomic E-state index is 13.1. The van der Waals surface area contributed by atoms with Gasteiger partial charge < -0.3 is 0 Å². The zero-order chi connectivity index (χ0) is 15.8. The van der Waals surface area contributed by atoms with Gasteiger partial charge in [-0.05, 0) is 30.7 Å². The van der Waals surface area contributed by atoms with Crippen molar-refractivity contribution >= 4 is 48.9 Å². The Labute approximate surface area is 130 Å². The van der Waals surface area contributed by atoms with Crippen LogP contribution in [0.5, 0.6) is 0 Å². The number of halogens is 2. The molecule has 0 spiro atoms. The first kappa shape index (κ1) is 16.2. The van der Waals surface area contributed by atoms with Gasteiger partial charge in [-0.3, -0.25) is 4.72 Å². The highest BCUT2D eigenvalue weighted by Crippen LogP contribution is 2.32. The van der Waals surface area contributed by atoms with Crippen molar-refractivity contribution in [1.82, 2.24) is 0 Å². The molecule has 0 aliphatic heterocycles. The van der Waals surface area contributed by atoms with Gasteiger partial charge in [0, 0.05) is 0 Å². The minimum absolute atomic E-state index is 0.0870. The predicted molar refractivity (Wildman–Crippen MR) is 79.6 cm³/mol. The predicted octanol–water partition coefficient (Wildman–Crippen LogP) is 3.17. The Hall–Kier alpha value is -1.16. The molecule has 1 heterocycles. The third-order valence-corrected chi connectivity index (χ3v) is 6.77. The van der Waals surface area contributed by atoms with Crippen LogP contribution in [-0.4, -0.2) is 16.8 Å². The van der Waals surface area contributed by atoms with Crippen molar-refractivity contribution in [1.29, 1.82) is 0 Å². The van der Waals surface area contributed by atoms with E-state index in [1.165, 1.54) is 18.2 Å². The maximum Gasteiger partial charge on any atom is 0.334 e. The highest BCUT2D eigenvalue weighted by Gasteiger charge is 2.23. The van der Waals surface area contributed by atoms with Gasteiger partial charge in [-0.25, -0.2) is 8.42 Å². The Morgan fingerprint density at radius 3 is 2.33 bits per heavy atom. The molecule has 5 nitrogen and oxygen atoms in total. The third-order valence-electron chi connectivity index (χ3n) is 2.49. The van der Waals surface area contributed by atoms with Crippen LogP contribution in [0.25, 0.3) is 0 Å². The zero-order valence-corrected chi connectivity index (χ0v) is 13.7.